The Morgan fingerprint density at radius 3 is 2.53 bits per heavy atom. The molecule has 0 atom stereocenters. The second-order valence-corrected chi connectivity index (χ2v) is 6.17. The molecular formula is C11H15NO3S2. The lowest BCUT2D eigenvalue weighted by molar-refractivity contribution is 0.0687. The van der Waals surface area contributed by atoms with Gasteiger partial charge in [-0.05, 0) is 11.7 Å². The molecule has 0 aliphatic carbocycles. The topological polar surface area (TPSA) is 67.3 Å². The number of aromatic nitrogens is 1. The third-order valence-electron chi connectivity index (χ3n) is 1.87. The van der Waals surface area contributed by atoms with Gasteiger partial charge in [0.05, 0.1) is 0 Å². The highest BCUT2D eigenvalue weighted by Crippen LogP contribution is 2.24. The molecule has 1 N–H and O–H groups in total. The van der Waals surface area contributed by atoms with Crippen molar-refractivity contribution in [1.29, 1.82) is 0 Å². The van der Waals surface area contributed by atoms with Gasteiger partial charge in [-0.2, -0.15) is 11.8 Å². The molecular weight excluding hydrogens is 258 g/mol. The number of carbonyl (C=O) groups excluding carboxylic acids is 1. The van der Waals surface area contributed by atoms with E-state index in [1.54, 1.807) is 11.8 Å². The number of nitrogens with zero attached hydrogens (tertiary/aromatic N) is 1. The van der Waals surface area contributed by atoms with Crippen LogP contribution in [0.2, 0.25) is 0 Å². The molecule has 0 fully saturated rings. The summed E-state index contributed by atoms with van der Waals surface area (Å²) in [6.07, 6.45) is 0. The Hall–Kier alpha value is -0.880. The lowest BCUT2D eigenvalue weighted by Crippen LogP contribution is -2.03. The Morgan fingerprint density at radius 2 is 2.12 bits per heavy atom. The normalized spacial score (nSPS) is 10.8. The molecule has 17 heavy (non-hydrogen) atoms. The summed E-state index contributed by atoms with van der Waals surface area (Å²) >= 11 is 2.89. The van der Waals surface area contributed by atoms with Gasteiger partial charge in [0.25, 0.3) is 0 Å². The number of hydrogen-bond donors (Lipinski definition) is 1. The minimum atomic E-state index is -1.13. The van der Waals surface area contributed by atoms with Crippen molar-refractivity contribution < 1.29 is 14.7 Å². The zero-order chi connectivity index (χ0) is 13.0. The molecule has 0 amide bonds. The number of carboxylic acids is 1. The van der Waals surface area contributed by atoms with Gasteiger partial charge < -0.3 is 5.11 Å². The van der Waals surface area contributed by atoms with Crippen LogP contribution in [0, 0.1) is 5.92 Å². The number of rotatable bonds is 6. The first-order chi connectivity index (χ1) is 7.91. The third-order valence-corrected chi connectivity index (χ3v) is 4.59. The molecule has 0 aliphatic heterocycles. The SMILES string of the molecule is CC(=O)c1sc(CSCC(C)C)nc1C(=O)O. The van der Waals surface area contributed by atoms with Gasteiger partial charge in [-0.3, -0.25) is 4.79 Å². The number of ketones is 1. The summed E-state index contributed by atoms with van der Waals surface area (Å²) in [6, 6.07) is 0. The highest BCUT2D eigenvalue weighted by molar-refractivity contribution is 7.98. The molecule has 0 radical (unpaired) electrons. The van der Waals surface area contributed by atoms with Crippen molar-refractivity contribution in [3.05, 3.63) is 15.6 Å². The van der Waals surface area contributed by atoms with Crippen LogP contribution in [-0.2, 0) is 5.75 Å². The molecule has 0 bridgehead atoms. The predicted octanol–water partition coefficient (Wildman–Crippen LogP) is 2.93. The number of hydrogen-bond acceptors (Lipinski definition) is 5. The molecule has 6 heteroatoms. The van der Waals surface area contributed by atoms with Crippen molar-refractivity contribution in [2.45, 2.75) is 26.5 Å². The van der Waals surface area contributed by atoms with E-state index >= 15 is 0 Å². The average Bonchev–Trinajstić information content (AvgIpc) is 2.61. The quantitative estimate of drug-likeness (QED) is 0.807. The molecule has 0 aromatic carbocycles. The zero-order valence-corrected chi connectivity index (χ0v) is 11.7. The molecule has 1 aromatic rings. The van der Waals surface area contributed by atoms with Crippen LogP contribution in [0.4, 0.5) is 0 Å². The van der Waals surface area contributed by atoms with Crippen molar-refractivity contribution in [2.24, 2.45) is 5.92 Å². The molecule has 0 unspecified atom stereocenters. The first-order valence-corrected chi connectivity index (χ1v) is 7.20. The standard InChI is InChI=1S/C11H15NO3S2/c1-6(2)4-16-5-8-12-9(11(14)15)10(17-8)7(3)13/h6H,4-5H2,1-3H3,(H,14,15). The lowest BCUT2D eigenvalue weighted by atomic mass is 10.3. The van der Waals surface area contributed by atoms with Gasteiger partial charge >= 0.3 is 5.97 Å². The van der Waals surface area contributed by atoms with Gasteiger partial charge in [-0.25, -0.2) is 9.78 Å². The molecule has 0 saturated heterocycles. The van der Waals surface area contributed by atoms with Crippen molar-refractivity contribution in [3.8, 4) is 0 Å². The predicted molar refractivity (Wildman–Crippen MR) is 70.1 cm³/mol. The van der Waals surface area contributed by atoms with E-state index in [1.165, 1.54) is 18.3 Å². The fourth-order valence-electron chi connectivity index (χ4n) is 1.19. The molecule has 1 rings (SSSR count). The Balaban J connectivity index is 2.78. The molecule has 1 aromatic heterocycles. The van der Waals surface area contributed by atoms with Crippen LogP contribution in [0.5, 0.6) is 0 Å². The second kappa shape index (κ2) is 6.16. The largest absolute Gasteiger partial charge is 0.476 e. The van der Waals surface area contributed by atoms with Crippen LogP contribution in [-0.4, -0.2) is 27.6 Å². The summed E-state index contributed by atoms with van der Waals surface area (Å²) in [5.41, 5.74) is -0.109. The number of aromatic carboxylic acids is 1. The molecule has 0 saturated carbocycles. The Kier molecular flexibility index (Phi) is 5.14. The van der Waals surface area contributed by atoms with Gasteiger partial charge in [0.2, 0.25) is 0 Å². The Labute approximate surface area is 108 Å². The van der Waals surface area contributed by atoms with E-state index in [0.717, 1.165) is 5.75 Å². The first kappa shape index (κ1) is 14.2. The van der Waals surface area contributed by atoms with Crippen LogP contribution in [0.3, 0.4) is 0 Å². The molecule has 0 spiro atoms. The fourth-order valence-corrected chi connectivity index (χ4v) is 3.25. The maximum absolute atomic E-state index is 11.3. The number of thioether (sulfide) groups is 1. The number of Topliss-reactive ketones (excluding diaryl/α,β-unsaturated/α-hetero) is 1. The summed E-state index contributed by atoms with van der Waals surface area (Å²) in [7, 11) is 0. The van der Waals surface area contributed by atoms with Gasteiger partial charge in [0.15, 0.2) is 11.5 Å². The zero-order valence-electron chi connectivity index (χ0n) is 10.0. The minimum absolute atomic E-state index is 0.109. The van der Waals surface area contributed by atoms with Crippen molar-refractivity contribution in [1.82, 2.24) is 4.98 Å². The van der Waals surface area contributed by atoms with Crippen LogP contribution in [0.15, 0.2) is 0 Å². The van der Waals surface area contributed by atoms with E-state index < -0.39 is 5.97 Å². The monoisotopic (exact) mass is 273 g/mol. The highest BCUT2D eigenvalue weighted by Gasteiger charge is 2.20. The summed E-state index contributed by atoms with van der Waals surface area (Å²) in [6.45, 7) is 5.61. The number of thiazole rings is 1. The van der Waals surface area contributed by atoms with Crippen LogP contribution in [0.1, 0.15) is 45.9 Å². The van der Waals surface area contributed by atoms with Crippen molar-refractivity contribution in [3.63, 3.8) is 0 Å². The van der Waals surface area contributed by atoms with Crippen LogP contribution >= 0.6 is 23.1 Å². The van der Waals surface area contributed by atoms with E-state index in [0.29, 0.717) is 16.7 Å². The van der Waals surface area contributed by atoms with Crippen LogP contribution in [0.25, 0.3) is 0 Å². The number of carbonyl (C=O) groups is 2. The van der Waals surface area contributed by atoms with E-state index in [1.807, 2.05) is 0 Å². The van der Waals surface area contributed by atoms with E-state index in [9.17, 15) is 9.59 Å². The van der Waals surface area contributed by atoms with Gasteiger partial charge in [-0.1, -0.05) is 13.8 Å². The smallest absolute Gasteiger partial charge is 0.356 e. The highest BCUT2D eigenvalue weighted by atomic mass is 32.2. The molecule has 0 aliphatic rings. The summed E-state index contributed by atoms with van der Waals surface area (Å²) in [5.74, 6) is 0.881. The Morgan fingerprint density at radius 1 is 1.47 bits per heavy atom. The van der Waals surface area contributed by atoms with Gasteiger partial charge in [0, 0.05) is 12.7 Å². The summed E-state index contributed by atoms with van der Waals surface area (Å²) in [4.78, 5) is 26.4. The molecule has 94 valence electrons. The van der Waals surface area contributed by atoms with Crippen molar-refractivity contribution in [2.75, 3.05) is 5.75 Å². The maximum atomic E-state index is 11.3. The Bertz CT molecular complexity index is 395. The second-order valence-electron chi connectivity index (χ2n) is 4.06. The average molecular weight is 273 g/mol. The van der Waals surface area contributed by atoms with Gasteiger partial charge in [0.1, 0.15) is 9.88 Å². The fraction of sp³-hybridized carbons (Fsp3) is 0.545. The number of carboxylic acid groups (broad SMARTS) is 1. The summed E-state index contributed by atoms with van der Waals surface area (Å²) < 4.78 is 0. The molecule has 4 nitrogen and oxygen atoms in total. The van der Waals surface area contributed by atoms with Crippen molar-refractivity contribution >= 4 is 34.9 Å². The van der Waals surface area contributed by atoms with E-state index in [2.05, 4.69) is 18.8 Å². The first-order valence-electron chi connectivity index (χ1n) is 5.23. The van der Waals surface area contributed by atoms with E-state index in [4.69, 9.17) is 5.11 Å². The van der Waals surface area contributed by atoms with Crippen LogP contribution < -0.4 is 0 Å². The lowest BCUT2D eigenvalue weighted by Gasteiger charge is -2.01. The van der Waals surface area contributed by atoms with Gasteiger partial charge in [-0.15, -0.1) is 11.3 Å². The summed E-state index contributed by atoms with van der Waals surface area (Å²) in [5, 5.41) is 9.63. The third kappa shape index (κ3) is 4.12. The minimum Gasteiger partial charge on any atom is -0.476 e. The van der Waals surface area contributed by atoms with E-state index in [-0.39, 0.29) is 16.4 Å². The maximum Gasteiger partial charge on any atom is 0.356 e. The molecule has 1 heterocycles.